The maximum Gasteiger partial charge on any atom is 0.262 e. The minimum atomic E-state index is 0.839. The number of allylic oxidation sites excluding steroid dienone is 2. The lowest BCUT2D eigenvalue weighted by molar-refractivity contribution is -0.642. The highest BCUT2D eigenvalue weighted by Gasteiger charge is 2.21. The number of benzene rings is 2. The molecule has 0 N–H and O–H groups in total. The van der Waals surface area contributed by atoms with Gasteiger partial charge in [0.15, 0.2) is 11.6 Å². The first-order chi connectivity index (χ1) is 11.2. The van der Waals surface area contributed by atoms with Gasteiger partial charge in [0.2, 0.25) is 5.52 Å². The molecular weight excluding hydrogens is 304 g/mol. The van der Waals surface area contributed by atoms with Crippen LogP contribution in [0, 0.1) is 0 Å². The van der Waals surface area contributed by atoms with E-state index in [1.807, 2.05) is 37.4 Å². The molecule has 0 bridgehead atoms. The lowest BCUT2D eigenvalue weighted by atomic mass is 10.3. The fourth-order valence-corrected chi connectivity index (χ4v) is 3.81. The fourth-order valence-electron chi connectivity index (χ4n) is 2.75. The average molecular weight is 321 g/mol. The van der Waals surface area contributed by atoms with Crippen LogP contribution in [0.3, 0.4) is 0 Å². The Labute approximate surface area is 139 Å². The van der Waals surface area contributed by atoms with Crippen molar-refractivity contribution in [3.05, 3.63) is 71.6 Å². The Morgan fingerprint density at radius 3 is 2.70 bits per heavy atom. The number of fused-ring (bicyclic) bond motifs is 2. The number of ether oxygens (including phenoxy) is 1. The fraction of sp³-hybridized carbons (Fsp3) is 0.105. The molecule has 0 saturated heterocycles. The third-order valence-electron chi connectivity index (χ3n) is 4.02. The number of thiazole rings is 1. The molecule has 0 fully saturated rings. The van der Waals surface area contributed by atoms with Crippen molar-refractivity contribution < 1.29 is 9.30 Å². The van der Waals surface area contributed by atoms with Crippen molar-refractivity contribution in [2.24, 2.45) is 7.05 Å². The van der Waals surface area contributed by atoms with Crippen LogP contribution >= 0.6 is 11.3 Å². The van der Waals surface area contributed by atoms with E-state index in [0.717, 1.165) is 17.3 Å². The third kappa shape index (κ3) is 2.41. The minimum absolute atomic E-state index is 0.839. The molecule has 2 heterocycles. The van der Waals surface area contributed by atoms with E-state index in [1.54, 1.807) is 11.3 Å². The van der Waals surface area contributed by atoms with Crippen molar-refractivity contribution in [1.82, 2.24) is 0 Å². The predicted octanol–water partition coefficient (Wildman–Crippen LogP) is 4.11. The van der Waals surface area contributed by atoms with Gasteiger partial charge in [-0.1, -0.05) is 35.6 Å². The van der Waals surface area contributed by atoms with E-state index in [-0.39, 0.29) is 0 Å². The number of hydrogen-bond acceptors (Lipinski definition) is 3. The smallest absolute Gasteiger partial charge is 0.262 e. The number of nitrogens with zero attached hydrogens (tertiary/aromatic N) is 2. The highest BCUT2D eigenvalue weighted by atomic mass is 32.1. The van der Waals surface area contributed by atoms with Crippen LogP contribution in [0.25, 0.3) is 16.3 Å². The summed E-state index contributed by atoms with van der Waals surface area (Å²) in [6, 6.07) is 16.5. The Morgan fingerprint density at radius 2 is 1.87 bits per heavy atom. The van der Waals surface area contributed by atoms with Gasteiger partial charge in [-0.3, -0.25) is 0 Å². The van der Waals surface area contributed by atoms with Gasteiger partial charge in [0.05, 0.1) is 5.69 Å². The second kappa shape index (κ2) is 5.56. The molecule has 1 aliphatic rings. The van der Waals surface area contributed by atoms with Crippen LogP contribution in [0.5, 0.6) is 5.75 Å². The maximum atomic E-state index is 5.88. The first-order valence-corrected chi connectivity index (χ1v) is 8.32. The van der Waals surface area contributed by atoms with Gasteiger partial charge >= 0.3 is 0 Å². The van der Waals surface area contributed by atoms with Crippen LogP contribution in [0.4, 0.5) is 5.69 Å². The monoisotopic (exact) mass is 321 g/mol. The van der Waals surface area contributed by atoms with Gasteiger partial charge in [-0.2, -0.15) is 4.57 Å². The Kier molecular flexibility index (Phi) is 3.39. The third-order valence-corrected chi connectivity index (χ3v) is 5.21. The Balaban J connectivity index is 1.61. The second-order valence-electron chi connectivity index (χ2n) is 5.46. The minimum Gasteiger partial charge on any atom is -0.439 e. The van der Waals surface area contributed by atoms with Crippen molar-refractivity contribution >= 4 is 33.3 Å². The van der Waals surface area contributed by atoms with Gasteiger partial charge in [-0.05, 0) is 30.4 Å². The Bertz CT molecular complexity index is 939. The van der Waals surface area contributed by atoms with Gasteiger partial charge in [0, 0.05) is 19.2 Å². The molecule has 1 aliphatic heterocycles. The van der Waals surface area contributed by atoms with Crippen LogP contribution in [-0.4, -0.2) is 7.05 Å². The van der Waals surface area contributed by atoms with Crippen LogP contribution in [-0.2, 0) is 7.05 Å². The normalized spacial score (nSPS) is 15.6. The first kappa shape index (κ1) is 14.0. The second-order valence-corrected chi connectivity index (χ2v) is 6.52. The summed E-state index contributed by atoms with van der Waals surface area (Å²) < 4.78 is 9.39. The molecule has 4 rings (SSSR count). The molecular formula is C19H17N2OS+. The van der Waals surface area contributed by atoms with Gasteiger partial charge in [0.25, 0.3) is 5.01 Å². The summed E-state index contributed by atoms with van der Waals surface area (Å²) in [5.74, 6) is 1.74. The average Bonchev–Trinajstić information content (AvgIpc) is 3.07. The summed E-state index contributed by atoms with van der Waals surface area (Å²) in [6.45, 7) is 0. The predicted molar refractivity (Wildman–Crippen MR) is 95.6 cm³/mol. The molecule has 114 valence electrons. The van der Waals surface area contributed by atoms with Crippen LogP contribution < -0.4 is 14.2 Å². The molecule has 0 atom stereocenters. The SMILES string of the molecule is CN1C(=CC=Cc2sc3ccccc3[n+]2C)Oc2ccccc21. The van der Waals surface area contributed by atoms with Crippen LogP contribution in [0.15, 0.2) is 66.6 Å². The highest BCUT2D eigenvalue weighted by molar-refractivity contribution is 7.18. The van der Waals surface area contributed by atoms with E-state index in [1.165, 1.54) is 15.2 Å². The van der Waals surface area contributed by atoms with E-state index in [4.69, 9.17) is 4.74 Å². The summed E-state index contributed by atoms with van der Waals surface area (Å²) in [6.07, 6.45) is 6.17. The summed E-state index contributed by atoms with van der Waals surface area (Å²) in [4.78, 5) is 2.06. The van der Waals surface area contributed by atoms with E-state index in [9.17, 15) is 0 Å². The van der Waals surface area contributed by atoms with Gasteiger partial charge in [0.1, 0.15) is 11.7 Å². The zero-order chi connectivity index (χ0) is 15.8. The zero-order valence-corrected chi connectivity index (χ0v) is 13.9. The van der Waals surface area contributed by atoms with E-state index in [2.05, 4.69) is 52.9 Å². The van der Waals surface area contributed by atoms with E-state index < -0.39 is 0 Å². The lowest BCUT2D eigenvalue weighted by Crippen LogP contribution is -2.28. The van der Waals surface area contributed by atoms with E-state index in [0.29, 0.717) is 0 Å². The highest BCUT2D eigenvalue weighted by Crippen LogP contribution is 2.37. The Morgan fingerprint density at radius 1 is 1.09 bits per heavy atom. The zero-order valence-electron chi connectivity index (χ0n) is 13.1. The summed E-state index contributed by atoms with van der Waals surface area (Å²) in [5, 5.41) is 1.21. The molecule has 0 aliphatic carbocycles. The van der Waals surface area contributed by atoms with Crippen LogP contribution in [0.2, 0.25) is 0 Å². The van der Waals surface area contributed by atoms with Crippen molar-refractivity contribution in [3.8, 4) is 5.75 Å². The number of anilines is 1. The Hall–Kier alpha value is -2.59. The largest absolute Gasteiger partial charge is 0.439 e. The lowest BCUT2D eigenvalue weighted by Gasteiger charge is -2.09. The number of para-hydroxylation sites is 3. The topological polar surface area (TPSA) is 16.4 Å². The quantitative estimate of drug-likeness (QED) is 0.661. The molecule has 23 heavy (non-hydrogen) atoms. The molecule has 0 amide bonds. The number of aryl methyl sites for hydroxylation is 1. The van der Waals surface area contributed by atoms with Crippen molar-refractivity contribution in [2.45, 2.75) is 0 Å². The molecule has 0 unspecified atom stereocenters. The molecule has 0 spiro atoms. The molecule has 4 heteroatoms. The van der Waals surface area contributed by atoms with Crippen molar-refractivity contribution in [2.75, 3.05) is 11.9 Å². The summed E-state index contributed by atoms with van der Waals surface area (Å²) in [5.41, 5.74) is 2.35. The first-order valence-electron chi connectivity index (χ1n) is 7.50. The number of rotatable bonds is 2. The molecule has 3 aromatic rings. The molecule has 1 aromatic heterocycles. The van der Waals surface area contributed by atoms with Gasteiger partial charge in [-0.15, -0.1) is 0 Å². The van der Waals surface area contributed by atoms with E-state index >= 15 is 0 Å². The molecule has 0 radical (unpaired) electrons. The molecule has 0 saturated carbocycles. The van der Waals surface area contributed by atoms with Crippen molar-refractivity contribution in [1.29, 1.82) is 0 Å². The van der Waals surface area contributed by atoms with Crippen molar-refractivity contribution in [3.63, 3.8) is 0 Å². The molecule has 2 aromatic carbocycles. The summed E-state index contributed by atoms with van der Waals surface area (Å²) >= 11 is 1.79. The maximum absolute atomic E-state index is 5.88. The van der Waals surface area contributed by atoms with Gasteiger partial charge < -0.3 is 9.64 Å². The van der Waals surface area contributed by atoms with Crippen LogP contribution in [0.1, 0.15) is 5.01 Å². The number of hydrogen-bond donors (Lipinski definition) is 0. The van der Waals surface area contributed by atoms with Gasteiger partial charge in [-0.25, -0.2) is 0 Å². The molecule has 3 nitrogen and oxygen atoms in total. The number of aromatic nitrogens is 1. The standard InChI is InChI=1S/C19H17N2OS/c1-20-14-8-3-5-10-16(14)22-18(20)12-7-13-19-21(2)15-9-4-6-11-17(15)23-19/h3-13H,1-2H3/q+1. The summed E-state index contributed by atoms with van der Waals surface area (Å²) in [7, 11) is 4.12.